The molecule has 3 rings (SSSR count). The number of nitrogens with one attached hydrogen (secondary N) is 1. The van der Waals surface area contributed by atoms with Crippen molar-refractivity contribution in [2.75, 3.05) is 31.0 Å². The SMILES string of the molecule is COc1ccc(N2CC(C(=O)Nc3cccc(C(=O)O)c3)CC2=O)c(OC)c1. The minimum Gasteiger partial charge on any atom is -0.497 e. The standard InChI is InChI=1S/C20H20N2O6/c1-27-15-6-7-16(17(10-15)28-2)22-11-13(9-18(22)23)19(24)21-14-5-3-4-12(8-14)20(25)26/h3-8,10,13H,9,11H2,1-2H3,(H,21,24)(H,25,26). The van der Waals surface area contributed by atoms with Crippen molar-refractivity contribution < 1.29 is 29.0 Å². The molecule has 2 aromatic rings. The predicted octanol–water partition coefficient (Wildman–Crippen LogP) is 2.39. The number of carbonyl (C=O) groups excluding carboxylic acids is 2. The zero-order valence-corrected chi connectivity index (χ0v) is 15.5. The van der Waals surface area contributed by atoms with Gasteiger partial charge in [-0.2, -0.15) is 0 Å². The summed E-state index contributed by atoms with van der Waals surface area (Å²) in [4.78, 5) is 37.6. The van der Waals surface area contributed by atoms with Gasteiger partial charge in [-0.05, 0) is 30.3 Å². The minimum atomic E-state index is -1.08. The first-order valence-corrected chi connectivity index (χ1v) is 8.59. The number of methoxy groups -OCH3 is 2. The second-order valence-corrected chi connectivity index (χ2v) is 6.32. The molecule has 1 fully saturated rings. The average molecular weight is 384 g/mol. The van der Waals surface area contributed by atoms with Crippen LogP contribution >= 0.6 is 0 Å². The van der Waals surface area contributed by atoms with Gasteiger partial charge in [-0.25, -0.2) is 4.79 Å². The molecule has 0 radical (unpaired) electrons. The van der Waals surface area contributed by atoms with Crippen molar-refractivity contribution in [3.05, 3.63) is 48.0 Å². The molecular weight excluding hydrogens is 364 g/mol. The van der Waals surface area contributed by atoms with E-state index in [9.17, 15) is 14.4 Å². The van der Waals surface area contributed by atoms with Gasteiger partial charge in [-0.15, -0.1) is 0 Å². The van der Waals surface area contributed by atoms with Crippen molar-refractivity contribution >= 4 is 29.2 Å². The second kappa shape index (κ2) is 7.99. The van der Waals surface area contributed by atoms with Crippen LogP contribution in [0.4, 0.5) is 11.4 Å². The van der Waals surface area contributed by atoms with Crippen LogP contribution in [0.5, 0.6) is 11.5 Å². The third-order valence-electron chi connectivity index (χ3n) is 4.55. The molecule has 28 heavy (non-hydrogen) atoms. The van der Waals surface area contributed by atoms with Crippen molar-refractivity contribution in [1.29, 1.82) is 0 Å². The van der Waals surface area contributed by atoms with E-state index in [-0.39, 0.29) is 30.3 Å². The van der Waals surface area contributed by atoms with Crippen LogP contribution in [0.1, 0.15) is 16.8 Å². The lowest BCUT2D eigenvalue weighted by molar-refractivity contribution is -0.122. The zero-order chi connectivity index (χ0) is 20.3. The summed E-state index contributed by atoms with van der Waals surface area (Å²) in [7, 11) is 3.04. The Kier molecular flexibility index (Phi) is 5.49. The summed E-state index contributed by atoms with van der Waals surface area (Å²) >= 11 is 0. The third kappa shape index (κ3) is 3.90. The Bertz CT molecular complexity index is 927. The first-order valence-electron chi connectivity index (χ1n) is 8.59. The molecule has 1 heterocycles. The van der Waals surface area contributed by atoms with E-state index in [2.05, 4.69) is 5.32 Å². The molecule has 0 saturated carbocycles. The van der Waals surface area contributed by atoms with Crippen molar-refractivity contribution in [3.8, 4) is 11.5 Å². The molecule has 1 atom stereocenters. The summed E-state index contributed by atoms with van der Waals surface area (Å²) < 4.78 is 10.5. The predicted molar refractivity (Wildman–Crippen MR) is 102 cm³/mol. The maximum Gasteiger partial charge on any atom is 0.335 e. The van der Waals surface area contributed by atoms with Gasteiger partial charge in [0.2, 0.25) is 11.8 Å². The van der Waals surface area contributed by atoms with Crippen LogP contribution in [0, 0.1) is 5.92 Å². The summed E-state index contributed by atoms with van der Waals surface area (Å²) in [5, 5.41) is 11.7. The first-order chi connectivity index (χ1) is 13.4. The lowest BCUT2D eigenvalue weighted by Gasteiger charge is -2.20. The van der Waals surface area contributed by atoms with Crippen molar-refractivity contribution in [2.24, 2.45) is 5.92 Å². The molecule has 0 aliphatic carbocycles. The summed E-state index contributed by atoms with van der Waals surface area (Å²) in [6.45, 7) is 0.200. The Balaban J connectivity index is 1.75. The molecular formula is C20H20N2O6. The molecule has 1 saturated heterocycles. The first kappa shape index (κ1) is 19.2. The highest BCUT2D eigenvalue weighted by atomic mass is 16.5. The average Bonchev–Trinajstić information content (AvgIpc) is 3.09. The van der Waals surface area contributed by atoms with Crippen molar-refractivity contribution in [3.63, 3.8) is 0 Å². The lowest BCUT2D eigenvalue weighted by Crippen LogP contribution is -2.28. The van der Waals surface area contributed by atoms with Crippen LogP contribution in [0.15, 0.2) is 42.5 Å². The van der Waals surface area contributed by atoms with E-state index >= 15 is 0 Å². The Morgan fingerprint density at radius 2 is 1.93 bits per heavy atom. The zero-order valence-electron chi connectivity index (χ0n) is 15.5. The van der Waals surface area contributed by atoms with Crippen LogP contribution in [-0.2, 0) is 9.59 Å². The van der Waals surface area contributed by atoms with Crippen LogP contribution in [0.2, 0.25) is 0 Å². The van der Waals surface area contributed by atoms with Gasteiger partial charge in [0, 0.05) is 24.7 Å². The van der Waals surface area contributed by atoms with Gasteiger partial charge in [0.1, 0.15) is 11.5 Å². The second-order valence-electron chi connectivity index (χ2n) is 6.32. The van der Waals surface area contributed by atoms with E-state index in [1.807, 2.05) is 0 Å². The number of hydrogen-bond donors (Lipinski definition) is 2. The molecule has 0 bridgehead atoms. The maximum atomic E-state index is 12.6. The van der Waals surface area contributed by atoms with Gasteiger partial charge >= 0.3 is 5.97 Å². The molecule has 0 spiro atoms. The van der Waals surface area contributed by atoms with Crippen LogP contribution in [0.3, 0.4) is 0 Å². The molecule has 0 aromatic heterocycles. The lowest BCUT2D eigenvalue weighted by atomic mass is 10.1. The van der Waals surface area contributed by atoms with Gasteiger partial charge < -0.3 is 24.8 Å². The van der Waals surface area contributed by atoms with Gasteiger partial charge in [-0.3, -0.25) is 9.59 Å². The number of amides is 2. The molecule has 146 valence electrons. The number of rotatable bonds is 6. The minimum absolute atomic E-state index is 0.0552. The van der Waals surface area contributed by atoms with E-state index in [0.717, 1.165) is 0 Å². The summed E-state index contributed by atoms with van der Waals surface area (Å²) in [6.07, 6.45) is 0.0552. The number of carboxylic acid groups (broad SMARTS) is 1. The molecule has 8 heteroatoms. The molecule has 1 aliphatic rings. The van der Waals surface area contributed by atoms with E-state index < -0.39 is 11.9 Å². The Morgan fingerprint density at radius 3 is 2.61 bits per heavy atom. The number of hydrogen-bond acceptors (Lipinski definition) is 5. The molecule has 2 N–H and O–H groups in total. The van der Waals surface area contributed by atoms with E-state index in [4.69, 9.17) is 14.6 Å². The number of aromatic carboxylic acids is 1. The summed E-state index contributed by atoms with van der Waals surface area (Å²) in [5.41, 5.74) is 1.01. The van der Waals surface area contributed by atoms with E-state index in [1.165, 1.54) is 31.3 Å². The molecule has 8 nitrogen and oxygen atoms in total. The van der Waals surface area contributed by atoms with Crippen molar-refractivity contribution in [1.82, 2.24) is 0 Å². The number of carboxylic acids is 1. The van der Waals surface area contributed by atoms with Crippen LogP contribution in [0.25, 0.3) is 0 Å². The molecule has 1 unspecified atom stereocenters. The number of nitrogens with zero attached hydrogens (tertiary/aromatic N) is 1. The molecule has 1 aliphatic heterocycles. The van der Waals surface area contributed by atoms with E-state index in [1.54, 1.807) is 30.3 Å². The number of carbonyl (C=O) groups is 3. The maximum absolute atomic E-state index is 12.6. The summed E-state index contributed by atoms with van der Waals surface area (Å²) in [5.74, 6) is -1.10. The fourth-order valence-corrected chi connectivity index (χ4v) is 3.10. The van der Waals surface area contributed by atoms with Crippen LogP contribution in [-0.4, -0.2) is 43.7 Å². The van der Waals surface area contributed by atoms with Crippen molar-refractivity contribution in [2.45, 2.75) is 6.42 Å². The number of benzene rings is 2. The molecule has 2 aromatic carbocycles. The van der Waals surface area contributed by atoms with Gasteiger partial charge in [0.25, 0.3) is 0 Å². The highest BCUT2D eigenvalue weighted by molar-refractivity contribution is 6.04. The monoisotopic (exact) mass is 384 g/mol. The van der Waals surface area contributed by atoms with Gasteiger partial charge in [-0.1, -0.05) is 6.07 Å². The Hall–Kier alpha value is -3.55. The number of anilines is 2. The van der Waals surface area contributed by atoms with Crippen LogP contribution < -0.4 is 19.7 Å². The smallest absolute Gasteiger partial charge is 0.335 e. The fourth-order valence-electron chi connectivity index (χ4n) is 3.10. The van der Waals surface area contributed by atoms with Gasteiger partial charge in [0.05, 0.1) is 31.4 Å². The quantitative estimate of drug-likeness (QED) is 0.792. The Morgan fingerprint density at radius 1 is 1.14 bits per heavy atom. The normalized spacial score (nSPS) is 16.0. The van der Waals surface area contributed by atoms with Gasteiger partial charge in [0.15, 0.2) is 0 Å². The number of ether oxygens (including phenoxy) is 2. The largest absolute Gasteiger partial charge is 0.497 e. The highest BCUT2D eigenvalue weighted by Crippen LogP contribution is 2.36. The fraction of sp³-hybridized carbons (Fsp3) is 0.250. The third-order valence-corrected chi connectivity index (χ3v) is 4.55. The highest BCUT2D eigenvalue weighted by Gasteiger charge is 2.36. The van der Waals surface area contributed by atoms with E-state index in [0.29, 0.717) is 22.9 Å². The topological polar surface area (TPSA) is 105 Å². The molecule has 2 amide bonds. The Labute approximate surface area is 161 Å². The summed E-state index contributed by atoms with van der Waals surface area (Å²) in [6, 6.07) is 11.1.